The maximum Gasteiger partial charge on any atom is 0.248 e. The lowest BCUT2D eigenvalue weighted by atomic mass is 9.94. The smallest absolute Gasteiger partial charge is 0.248 e. The van der Waals surface area contributed by atoms with Gasteiger partial charge in [0.05, 0.1) is 0 Å². The Labute approximate surface area is 122 Å². The summed E-state index contributed by atoms with van der Waals surface area (Å²) in [5, 5.41) is 3.02. The van der Waals surface area contributed by atoms with Crippen LogP contribution in [-0.2, 0) is 9.59 Å². The van der Waals surface area contributed by atoms with E-state index in [0.29, 0.717) is 18.9 Å². The highest BCUT2D eigenvalue weighted by atomic mass is 16.2. The number of hydrogen-bond donors (Lipinski definition) is 1. The van der Waals surface area contributed by atoms with Crippen LogP contribution < -0.4 is 5.32 Å². The Hall–Kier alpha value is -1.06. The second-order valence-electron chi connectivity index (χ2n) is 6.91. The van der Waals surface area contributed by atoms with Crippen LogP contribution in [0.2, 0.25) is 0 Å². The van der Waals surface area contributed by atoms with E-state index in [-0.39, 0.29) is 17.9 Å². The van der Waals surface area contributed by atoms with Crippen molar-refractivity contribution in [2.75, 3.05) is 6.54 Å². The number of hydrogen-bond acceptors (Lipinski definition) is 2. The second-order valence-corrected chi connectivity index (χ2v) is 6.91. The van der Waals surface area contributed by atoms with Gasteiger partial charge in [0.2, 0.25) is 11.8 Å². The fourth-order valence-electron chi connectivity index (χ4n) is 3.45. The molecule has 0 bridgehead atoms. The molecule has 2 fully saturated rings. The zero-order valence-electron chi connectivity index (χ0n) is 13.1. The lowest BCUT2D eigenvalue weighted by Crippen LogP contribution is -2.56. The first kappa shape index (κ1) is 15.3. The molecular formula is C16H28N2O2. The summed E-state index contributed by atoms with van der Waals surface area (Å²) >= 11 is 0. The van der Waals surface area contributed by atoms with Crippen LogP contribution in [0.4, 0.5) is 0 Å². The molecule has 4 nitrogen and oxygen atoms in total. The highest BCUT2D eigenvalue weighted by molar-refractivity contribution is 5.94. The van der Waals surface area contributed by atoms with Crippen LogP contribution in [0.1, 0.15) is 65.7 Å². The molecule has 0 aromatic rings. The van der Waals surface area contributed by atoms with E-state index in [1.54, 1.807) is 0 Å². The number of rotatable bonds is 4. The Morgan fingerprint density at radius 1 is 1.15 bits per heavy atom. The highest BCUT2D eigenvalue weighted by Crippen LogP contribution is 2.34. The lowest BCUT2D eigenvalue weighted by molar-refractivity contribution is -0.140. The molecule has 0 radical (unpaired) electrons. The summed E-state index contributed by atoms with van der Waals surface area (Å²) in [4.78, 5) is 26.8. The van der Waals surface area contributed by atoms with Crippen molar-refractivity contribution < 1.29 is 9.59 Å². The van der Waals surface area contributed by atoms with Gasteiger partial charge in [-0.3, -0.25) is 9.59 Å². The SMILES string of the molecule is CC(C)CCC(C)N1CCC(=O)NC2(CCCC2)C1=O. The van der Waals surface area contributed by atoms with Gasteiger partial charge < -0.3 is 10.2 Å². The molecule has 1 atom stereocenters. The predicted octanol–water partition coefficient (Wildman–Crippen LogP) is 2.47. The molecule has 1 spiro atoms. The molecule has 1 saturated heterocycles. The molecule has 2 rings (SSSR count). The first-order valence-electron chi connectivity index (χ1n) is 8.07. The van der Waals surface area contributed by atoms with Gasteiger partial charge in [-0.1, -0.05) is 26.7 Å². The molecule has 2 amide bonds. The average Bonchev–Trinajstić information content (AvgIpc) is 2.81. The van der Waals surface area contributed by atoms with Gasteiger partial charge in [0.25, 0.3) is 0 Å². The van der Waals surface area contributed by atoms with Gasteiger partial charge >= 0.3 is 0 Å². The van der Waals surface area contributed by atoms with Crippen molar-refractivity contribution in [3.05, 3.63) is 0 Å². The van der Waals surface area contributed by atoms with Crippen LogP contribution in [0, 0.1) is 5.92 Å². The topological polar surface area (TPSA) is 49.4 Å². The summed E-state index contributed by atoms with van der Waals surface area (Å²) in [5.74, 6) is 0.857. The summed E-state index contributed by atoms with van der Waals surface area (Å²) in [6, 6.07) is 0.232. The van der Waals surface area contributed by atoms with Gasteiger partial charge in [-0.25, -0.2) is 0 Å². The fourth-order valence-corrected chi connectivity index (χ4v) is 3.45. The summed E-state index contributed by atoms with van der Waals surface area (Å²) in [6.45, 7) is 7.12. The van der Waals surface area contributed by atoms with Crippen molar-refractivity contribution >= 4 is 11.8 Å². The van der Waals surface area contributed by atoms with E-state index in [9.17, 15) is 9.59 Å². The molecule has 4 heteroatoms. The Kier molecular flexibility index (Phi) is 4.71. The molecule has 0 aromatic carbocycles. The Morgan fingerprint density at radius 3 is 2.40 bits per heavy atom. The van der Waals surface area contributed by atoms with Crippen LogP contribution in [-0.4, -0.2) is 34.8 Å². The first-order chi connectivity index (χ1) is 9.44. The third kappa shape index (κ3) is 3.15. The monoisotopic (exact) mass is 280 g/mol. The van der Waals surface area contributed by atoms with E-state index in [1.165, 1.54) is 0 Å². The normalized spacial score (nSPS) is 24.1. The van der Waals surface area contributed by atoms with E-state index in [1.807, 2.05) is 4.90 Å². The summed E-state index contributed by atoms with van der Waals surface area (Å²) < 4.78 is 0. The maximum atomic E-state index is 12.9. The molecule has 114 valence electrons. The summed E-state index contributed by atoms with van der Waals surface area (Å²) in [7, 11) is 0. The van der Waals surface area contributed by atoms with E-state index in [0.717, 1.165) is 38.5 Å². The van der Waals surface area contributed by atoms with Gasteiger partial charge in [0.15, 0.2) is 0 Å². The van der Waals surface area contributed by atoms with Gasteiger partial charge in [-0.05, 0) is 38.5 Å². The lowest BCUT2D eigenvalue weighted by Gasteiger charge is -2.35. The minimum Gasteiger partial charge on any atom is -0.342 e. The van der Waals surface area contributed by atoms with Crippen LogP contribution in [0.15, 0.2) is 0 Å². The van der Waals surface area contributed by atoms with Crippen LogP contribution >= 0.6 is 0 Å². The number of carbonyl (C=O) groups is 2. The van der Waals surface area contributed by atoms with Crippen molar-refractivity contribution in [3.8, 4) is 0 Å². The van der Waals surface area contributed by atoms with Gasteiger partial charge in [0, 0.05) is 19.0 Å². The molecule has 0 aromatic heterocycles. The average molecular weight is 280 g/mol. The molecule has 1 N–H and O–H groups in total. The number of amides is 2. The van der Waals surface area contributed by atoms with Gasteiger partial charge in [-0.2, -0.15) is 0 Å². The Morgan fingerprint density at radius 2 is 1.80 bits per heavy atom. The van der Waals surface area contributed by atoms with Crippen molar-refractivity contribution in [1.82, 2.24) is 10.2 Å². The first-order valence-corrected chi connectivity index (χ1v) is 8.07. The molecule has 1 saturated carbocycles. The molecule has 20 heavy (non-hydrogen) atoms. The second kappa shape index (κ2) is 6.15. The zero-order valence-corrected chi connectivity index (χ0v) is 13.1. The Bertz CT molecular complexity index is 373. The van der Waals surface area contributed by atoms with E-state index in [2.05, 4.69) is 26.1 Å². The van der Waals surface area contributed by atoms with Crippen LogP contribution in [0.5, 0.6) is 0 Å². The molecular weight excluding hydrogens is 252 g/mol. The predicted molar refractivity (Wildman–Crippen MR) is 79.2 cm³/mol. The van der Waals surface area contributed by atoms with E-state index < -0.39 is 5.54 Å². The highest BCUT2D eigenvalue weighted by Gasteiger charge is 2.47. The van der Waals surface area contributed by atoms with Gasteiger partial charge in [-0.15, -0.1) is 0 Å². The van der Waals surface area contributed by atoms with E-state index >= 15 is 0 Å². The van der Waals surface area contributed by atoms with Crippen LogP contribution in [0.25, 0.3) is 0 Å². The van der Waals surface area contributed by atoms with Crippen molar-refractivity contribution in [2.45, 2.75) is 77.3 Å². The summed E-state index contributed by atoms with van der Waals surface area (Å²) in [6.07, 6.45) is 6.29. The number of nitrogens with one attached hydrogen (secondary N) is 1. The quantitative estimate of drug-likeness (QED) is 0.860. The minimum atomic E-state index is -0.584. The van der Waals surface area contributed by atoms with Crippen molar-refractivity contribution in [1.29, 1.82) is 0 Å². The number of nitrogens with zero attached hydrogens (tertiary/aromatic N) is 1. The van der Waals surface area contributed by atoms with Crippen molar-refractivity contribution in [3.63, 3.8) is 0 Å². The number of carbonyl (C=O) groups excluding carboxylic acids is 2. The molecule has 1 aliphatic carbocycles. The van der Waals surface area contributed by atoms with Crippen molar-refractivity contribution in [2.24, 2.45) is 5.92 Å². The third-order valence-electron chi connectivity index (χ3n) is 4.78. The molecule has 1 heterocycles. The molecule has 1 aliphatic heterocycles. The minimum absolute atomic E-state index is 0.0406. The fraction of sp³-hybridized carbons (Fsp3) is 0.875. The largest absolute Gasteiger partial charge is 0.342 e. The molecule has 2 aliphatic rings. The maximum absolute atomic E-state index is 12.9. The molecule has 1 unspecified atom stereocenters. The van der Waals surface area contributed by atoms with E-state index in [4.69, 9.17) is 0 Å². The standard InChI is InChI=1S/C16H28N2O2/c1-12(2)6-7-13(3)18-11-8-14(19)17-16(15(18)20)9-4-5-10-16/h12-13H,4-11H2,1-3H3,(H,17,19). The Balaban J connectivity index is 2.11. The zero-order chi connectivity index (χ0) is 14.8. The third-order valence-corrected chi connectivity index (χ3v) is 4.78. The summed E-state index contributed by atoms with van der Waals surface area (Å²) in [5.41, 5.74) is -0.584. The van der Waals surface area contributed by atoms with Crippen LogP contribution in [0.3, 0.4) is 0 Å². The van der Waals surface area contributed by atoms with Gasteiger partial charge in [0.1, 0.15) is 5.54 Å².